The van der Waals surface area contributed by atoms with Gasteiger partial charge in [0.25, 0.3) is 5.56 Å². The van der Waals surface area contributed by atoms with Crippen LogP contribution in [-0.2, 0) is 14.2 Å². The predicted molar refractivity (Wildman–Crippen MR) is 77.6 cm³/mol. The largest absolute Gasteiger partial charge is 0.394 e. The molecule has 2 rings (SSSR count). The van der Waals surface area contributed by atoms with Crippen molar-refractivity contribution in [2.75, 3.05) is 20.0 Å². The number of nitrogens with zero attached hydrogens (tertiary/aromatic N) is 2. The van der Waals surface area contributed by atoms with Gasteiger partial charge in [-0.25, -0.2) is 4.79 Å². The van der Waals surface area contributed by atoms with Gasteiger partial charge in [0.15, 0.2) is 0 Å². The molecule has 23 heavy (non-hydrogen) atoms. The van der Waals surface area contributed by atoms with Crippen LogP contribution in [0, 0.1) is 18.3 Å². The molecule has 1 aliphatic heterocycles. The Morgan fingerprint density at radius 1 is 1.57 bits per heavy atom. The van der Waals surface area contributed by atoms with E-state index in [2.05, 4.69) is 4.98 Å². The Kier molecular flexibility index (Phi) is 6.06. The van der Waals surface area contributed by atoms with E-state index >= 15 is 0 Å². The molecule has 1 saturated heterocycles. The maximum Gasteiger partial charge on any atom is 0.330 e. The number of aryl methyl sites for hydroxylation is 1. The van der Waals surface area contributed by atoms with Gasteiger partial charge >= 0.3 is 5.69 Å². The van der Waals surface area contributed by atoms with E-state index in [-0.39, 0.29) is 26.4 Å². The fourth-order valence-electron chi connectivity index (χ4n) is 2.32. The van der Waals surface area contributed by atoms with Gasteiger partial charge in [0.05, 0.1) is 31.8 Å². The van der Waals surface area contributed by atoms with Crippen molar-refractivity contribution in [1.82, 2.24) is 9.55 Å². The van der Waals surface area contributed by atoms with Gasteiger partial charge in [-0.3, -0.25) is 14.3 Å². The van der Waals surface area contributed by atoms with Gasteiger partial charge in [-0.1, -0.05) is 0 Å². The van der Waals surface area contributed by atoms with Crippen molar-refractivity contribution in [2.45, 2.75) is 38.2 Å². The fourth-order valence-corrected chi connectivity index (χ4v) is 2.32. The van der Waals surface area contributed by atoms with E-state index in [1.807, 2.05) is 6.07 Å². The minimum Gasteiger partial charge on any atom is -0.394 e. The summed E-state index contributed by atoms with van der Waals surface area (Å²) in [5.41, 5.74) is -0.632. The summed E-state index contributed by atoms with van der Waals surface area (Å²) < 4.78 is 17.5. The molecule has 0 radical (unpaired) electrons. The summed E-state index contributed by atoms with van der Waals surface area (Å²) in [6, 6.07) is 1.95. The summed E-state index contributed by atoms with van der Waals surface area (Å²) in [5, 5.41) is 17.8. The summed E-state index contributed by atoms with van der Waals surface area (Å²) >= 11 is 0. The molecule has 0 bridgehead atoms. The summed E-state index contributed by atoms with van der Waals surface area (Å²) in [4.78, 5) is 25.5. The van der Waals surface area contributed by atoms with Gasteiger partial charge in [0, 0.05) is 18.2 Å². The third-order valence-corrected chi connectivity index (χ3v) is 3.54. The maximum absolute atomic E-state index is 11.9. The molecule has 0 spiro atoms. The highest BCUT2D eigenvalue weighted by molar-refractivity contribution is 5.02. The van der Waals surface area contributed by atoms with Crippen molar-refractivity contribution >= 4 is 0 Å². The van der Waals surface area contributed by atoms with Crippen LogP contribution in [0.2, 0.25) is 0 Å². The average molecular weight is 325 g/mol. The molecule has 2 heterocycles. The first-order valence-electron chi connectivity index (χ1n) is 7.21. The number of aliphatic hydroxyl groups is 1. The van der Waals surface area contributed by atoms with Crippen molar-refractivity contribution in [1.29, 1.82) is 5.26 Å². The molecule has 1 aromatic heterocycles. The molecule has 9 heteroatoms. The molecule has 0 aromatic carbocycles. The predicted octanol–water partition coefficient (Wildman–Crippen LogP) is -0.602. The van der Waals surface area contributed by atoms with E-state index in [9.17, 15) is 14.7 Å². The number of aromatic nitrogens is 2. The third-order valence-electron chi connectivity index (χ3n) is 3.54. The quantitative estimate of drug-likeness (QED) is 0.506. The van der Waals surface area contributed by atoms with E-state index in [1.54, 1.807) is 6.92 Å². The van der Waals surface area contributed by atoms with Crippen molar-refractivity contribution in [2.24, 2.45) is 0 Å². The van der Waals surface area contributed by atoms with Crippen LogP contribution in [0.3, 0.4) is 0 Å². The Morgan fingerprint density at radius 3 is 3.04 bits per heavy atom. The summed E-state index contributed by atoms with van der Waals surface area (Å²) in [6.45, 7) is 1.55. The van der Waals surface area contributed by atoms with Gasteiger partial charge < -0.3 is 19.3 Å². The van der Waals surface area contributed by atoms with Gasteiger partial charge in [-0.15, -0.1) is 0 Å². The standard InChI is InChI=1S/C14H19N3O6/c1-9-6-17(14(20)16-13(9)19)12-5-10(11(7-18)23-12)22-8-21-4-2-3-15/h6,10-12,18H,2,4-5,7-8H2,1H3,(H,16,19,20)/t10-,11+,12+/m0/s1. The van der Waals surface area contributed by atoms with Crippen LogP contribution in [0.5, 0.6) is 0 Å². The van der Waals surface area contributed by atoms with Crippen molar-refractivity contribution < 1.29 is 19.3 Å². The smallest absolute Gasteiger partial charge is 0.330 e. The maximum atomic E-state index is 11.9. The monoisotopic (exact) mass is 325 g/mol. The van der Waals surface area contributed by atoms with Crippen molar-refractivity contribution in [3.05, 3.63) is 32.6 Å². The van der Waals surface area contributed by atoms with E-state index in [4.69, 9.17) is 19.5 Å². The molecular formula is C14H19N3O6. The number of nitrogens with one attached hydrogen (secondary N) is 1. The number of aromatic amines is 1. The first-order valence-corrected chi connectivity index (χ1v) is 7.21. The van der Waals surface area contributed by atoms with Gasteiger partial charge in [0.1, 0.15) is 19.1 Å². The summed E-state index contributed by atoms with van der Waals surface area (Å²) in [7, 11) is 0. The highest BCUT2D eigenvalue weighted by atomic mass is 16.7. The second-order valence-corrected chi connectivity index (χ2v) is 5.17. The lowest BCUT2D eigenvalue weighted by Gasteiger charge is -2.16. The zero-order valence-electron chi connectivity index (χ0n) is 12.7. The molecule has 0 saturated carbocycles. The SMILES string of the molecule is Cc1cn([C@H]2C[C@H](OCOCCC#N)[C@@H](CO)O2)c(=O)[nH]c1=O. The molecule has 0 unspecified atom stereocenters. The van der Waals surface area contributed by atoms with E-state index < -0.39 is 29.7 Å². The Bertz CT molecular complexity index is 676. The first kappa shape index (κ1) is 17.4. The Balaban J connectivity index is 2.01. The first-order chi connectivity index (χ1) is 11.1. The molecule has 1 aromatic rings. The van der Waals surface area contributed by atoms with Crippen LogP contribution in [0.1, 0.15) is 24.6 Å². The topological polar surface area (TPSA) is 127 Å². The second-order valence-electron chi connectivity index (χ2n) is 5.17. The van der Waals surface area contributed by atoms with Crippen LogP contribution < -0.4 is 11.2 Å². The Hall–Kier alpha value is -1.99. The molecule has 2 N–H and O–H groups in total. The van der Waals surface area contributed by atoms with Crippen LogP contribution in [0.4, 0.5) is 0 Å². The van der Waals surface area contributed by atoms with E-state index in [1.165, 1.54) is 10.8 Å². The molecule has 3 atom stereocenters. The number of nitriles is 1. The molecule has 9 nitrogen and oxygen atoms in total. The molecular weight excluding hydrogens is 306 g/mol. The normalized spacial score (nSPS) is 23.8. The molecule has 1 aliphatic rings. The zero-order chi connectivity index (χ0) is 16.8. The van der Waals surface area contributed by atoms with E-state index in [0.29, 0.717) is 12.0 Å². The van der Waals surface area contributed by atoms with Crippen molar-refractivity contribution in [3.8, 4) is 6.07 Å². The van der Waals surface area contributed by atoms with Gasteiger partial charge in [-0.2, -0.15) is 5.26 Å². The average Bonchev–Trinajstić information content (AvgIpc) is 2.93. The summed E-state index contributed by atoms with van der Waals surface area (Å²) in [5.74, 6) is 0. The lowest BCUT2D eigenvalue weighted by molar-refractivity contribution is -0.117. The highest BCUT2D eigenvalue weighted by Crippen LogP contribution is 2.29. The van der Waals surface area contributed by atoms with Crippen LogP contribution in [0.25, 0.3) is 0 Å². The third kappa shape index (κ3) is 4.27. The minimum atomic E-state index is -0.640. The zero-order valence-corrected chi connectivity index (χ0v) is 12.7. The number of hydrogen-bond donors (Lipinski definition) is 2. The van der Waals surface area contributed by atoms with Crippen molar-refractivity contribution in [3.63, 3.8) is 0 Å². The molecule has 0 amide bonds. The highest BCUT2D eigenvalue weighted by Gasteiger charge is 2.37. The Labute approximate surface area is 132 Å². The van der Waals surface area contributed by atoms with E-state index in [0.717, 1.165) is 0 Å². The fraction of sp³-hybridized carbons (Fsp3) is 0.643. The second kappa shape index (κ2) is 8.03. The minimum absolute atomic E-state index is 0.0293. The number of hydrogen-bond acceptors (Lipinski definition) is 7. The molecule has 126 valence electrons. The Morgan fingerprint density at radius 2 is 2.35 bits per heavy atom. The number of rotatable bonds is 7. The van der Waals surface area contributed by atoms with Gasteiger partial charge in [-0.05, 0) is 6.92 Å². The molecule has 1 fully saturated rings. The van der Waals surface area contributed by atoms with Crippen LogP contribution in [0.15, 0.2) is 15.8 Å². The number of aliphatic hydroxyl groups excluding tert-OH is 1. The molecule has 0 aliphatic carbocycles. The summed E-state index contributed by atoms with van der Waals surface area (Å²) in [6.07, 6.45) is 0.330. The van der Waals surface area contributed by atoms with Gasteiger partial charge in [0.2, 0.25) is 0 Å². The lowest BCUT2D eigenvalue weighted by atomic mass is 10.2. The number of ether oxygens (including phenoxy) is 3. The number of H-pyrrole nitrogens is 1. The van der Waals surface area contributed by atoms with Crippen LogP contribution >= 0.6 is 0 Å². The lowest BCUT2D eigenvalue weighted by Crippen LogP contribution is -2.33. The van der Waals surface area contributed by atoms with Crippen LogP contribution in [-0.4, -0.2) is 46.9 Å².